The van der Waals surface area contributed by atoms with E-state index in [0.29, 0.717) is 6.04 Å². The summed E-state index contributed by atoms with van der Waals surface area (Å²) in [6.45, 7) is 4.52. The highest BCUT2D eigenvalue weighted by Gasteiger charge is 2.31. The molecule has 2 aliphatic heterocycles. The van der Waals surface area contributed by atoms with Gasteiger partial charge in [0, 0.05) is 54.6 Å². The number of pyridine rings is 1. The highest BCUT2D eigenvalue weighted by molar-refractivity contribution is 7.17. The number of rotatable bonds is 3. The van der Waals surface area contributed by atoms with Gasteiger partial charge in [0.2, 0.25) is 0 Å². The van der Waals surface area contributed by atoms with Crippen LogP contribution in [0, 0.1) is 0 Å². The molecule has 0 N–H and O–H groups in total. The van der Waals surface area contributed by atoms with Crippen molar-refractivity contribution in [2.45, 2.75) is 25.3 Å². The third-order valence-corrected chi connectivity index (χ3v) is 7.39. The summed E-state index contributed by atoms with van der Waals surface area (Å²) in [6.07, 6.45) is 7.43. The van der Waals surface area contributed by atoms with E-state index < -0.39 is 0 Å². The Hall–Kier alpha value is -2.83. The maximum Gasteiger partial charge on any atom is 0.164 e. The van der Waals surface area contributed by atoms with Crippen LogP contribution in [0.15, 0.2) is 60.2 Å². The van der Waals surface area contributed by atoms with Gasteiger partial charge in [-0.15, -0.1) is 11.3 Å². The molecule has 2 saturated heterocycles. The normalized spacial score (nSPS) is 19.5. The van der Waals surface area contributed by atoms with Gasteiger partial charge in [0.05, 0.1) is 5.39 Å². The van der Waals surface area contributed by atoms with Crippen molar-refractivity contribution < 1.29 is 0 Å². The van der Waals surface area contributed by atoms with Crippen molar-refractivity contribution in [1.82, 2.24) is 19.9 Å². The lowest BCUT2D eigenvalue weighted by atomic mass is 10.1. The van der Waals surface area contributed by atoms with E-state index in [2.05, 4.69) is 50.5 Å². The molecule has 0 bridgehead atoms. The summed E-state index contributed by atoms with van der Waals surface area (Å²) in [5, 5.41) is 3.43. The Kier molecular flexibility index (Phi) is 4.89. The maximum atomic E-state index is 5.17. The van der Waals surface area contributed by atoms with E-state index >= 15 is 0 Å². The van der Waals surface area contributed by atoms with Crippen LogP contribution in [0.4, 0.5) is 5.82 Å². The Labute approximate surface area is 186 Å². The number of aromatic nitrogens is 3. The predicted octanol–water partition coefficient (Wildman–Crippen LogP) is 5.09. The summed E-state index contributed by atoms with van der Waals surface area (Å²) >= 11 is 1.71. The standard InChI is InChI=1S/C25H25N5S/c1-2-7-18(8-3-1)21-17-31-25-22(21)24(27-23(28-25)19-9-4-11-26-15-19)30-14-6-13-29-12-5-10-20(29)16-30/h1-4,7-9,11,15,17,20H,5-6,10,12-14,16H2. The molecule has 2 aliphatic rings. The van der Waals surface area contributed by atoms with Gasteiger partial charge in [-0.3, -0.25) is 9.88 Å². The van der Waals surface area contributed by atoms with Crippen molar-refractivity contribution in [1.29, 1.82) is 0 Å². The fourth-order valence-electron chi connectivity index (χ4n) is 5.01. The first kappa shape index (κ1) is 18.9. The molecule has 1 aromatic carbocycles. The third-order valence-electron chi connectivity index (χ3n) is 6.52. The maximum absolute atomic E-state index is 5.17. The number of benzene rings is 1. The van der Waals surface area contributed by atoms with E-state index in [1.165, 1.54) is 48.9 Å². The zero-order valence-electron chi connectivity index (χ0n) is 17.4. The Morgan fingerprint density at radius 1 is 0.903 bits per heavy atom. The Morgan fingerprint density at radius 3 is 2.65 bits per heavy atom. The highest BCUT2D eigenvalue weighted by Crippen LogP contribution is 2.40. The number of anilines is 1. The van der Waals surface area contributed by atoms with Gasteiger partial charge in [-0.2, -0.15) is 0 Å². The van der Waals surface area contributed by atoms with Crippen molar-refractivity contribution >= 4 is 27.4 Å². The van der Waals surface area contributed by atoms with Gasteiger partial charge in [-0.05, 0) is 43.5 Å². The van der Waals surface area contributed by atoms with Gasteiger partial charge in [-0.1, -0.05) is 30.3 Å². The molecule has 5 heterocycles. The number of nitrogens with zero attached hydrogens (tertiary/aromatic N) is 5. The SMILES string of the molecule is c1ccc(-c2csc3nc(-c4cccnc4)nc(N4CCCN5CCCC5C4)c23)cc1. The van der Waals surface area contributed by atoms with Gasteiger partial charge in [0.15, 0.2) is 5.82 Å². The van der Waals surface area contributed by atoms with Crippen molar-refractivity contribution in [2.24, 2.45) is 0 Å². The van der Waals surface area contributed by atoms with E-state index in [1.807, 2.05) is 18.3 Å². The summed E-state index contributed by atoms with van der Waals surface area (Å²) in [5.41, 5.74) is 3.43. The zero-order valence-corrected chi connectivity index (χ0v) is 18.3. The van der Waals surface area contributed by atoms with Gasteiger partial charge in [-0.25, -0.2) is 9.97 Å². The molecule has 6 rings (SSSR count). The van der Waals surface area contributed by atoms with Gasteiger partial charge in [0.1, 0.15) is 10.6 Å². The van der Waals surface area contributed by atoms with E-state index in [-0.39, 0.29) is 0 Å². The summed E-state index contributed by atoms with van der Waals surface area (Å²) in [6, 6.07) is 15.3. The van der Waals surface area contributed by atoms with Crippen LogP contribution in [0.5, 0.6) is 0 Å². The minimum absolute atomic E-state index is 0.633. The number of hydrogen-bond donors (Lipinski definition) is 0. The summed E-state index contributed by atoms with van der Waals surface area (Å²) < 4.78 is 0. The second-order valence-corrected chi connectivity index (χ2v) is 9.30. The van der Waals surface area contributed by atoms with Crippen LogP contribution >= 0.6 is 11.3 Å². The van der Waals surface area contributed by atoms with E-state index in [1.54, 1.807) is 17.5 Å². The molecular weight excluding hydrogens is 402 g/mol. The monoisotopic (exact) mass is 427 g/mol. The van der Waals surface area contributed by atoms with Crippen LogP contribution in [-0.2, 0) is 0 Å². The van der Waals surface area contributed by atoms with Crippen molar-refractivity contribution in [3.05, 3.63) is 60.2 Å². The Morgan fingerprint density at radius 2 is 1.77 bits per heavy atom. The molecule has 2 fully saturated rings. The first-order chi connectivity index (χ1) is 15.4. The molecule has 0 radical (unpaired) electrons. The minimum atomic E-state index is 0.633. The lowest BCUT2D eigenvalue weighted by Crippen LogP contribution is -2.37. The van der Waals surface area contributed by atoms with Crippen LogP contribution in [0.2, 0.25) is 0 Å². The predicted molar refractivity (Wildman–Crippen MR) is 128 cm³/mol. The summed E-state index contributed by atoms with van der Waals surface area (Å²) in [4.78, 5) is 20.7. The zero-order chi connectivity index (χ0) is 20.6. The molecule has 1 atom stereocenters. The molecule has 4 aromatic rings. The number of hydrogen-bond acceptors (Lipinski definition) is 6. The number of fused-ring (bicyclic) bond motifs is 2. The molecule has 0 aliphatic carbocycles. The first-order valence-electron chi connectivity index (χ1n) is 11.1. The van der Waals surface area contributed by atoms with Gasteiger partial charge < -0.3 is 4.90 Å². The van der Waals surface area contributed by atoms with Crippen LogP contribution in [-0.4, -0.2) is 52.1 Å². The summed E-state index contributed by atoms with van der Waals surface area (Å²) in [7, 11) is 0. The van der Waals surface area contributed by atoms with E-state index in [9.17, 15) is 0 Å². The Balaban J connectivity index is 1.53. The largest absolute Gasteiger partial charge is 0.354 e. The molecule has 3 aromatic heterocycles. The third kappa shape index (κ3) is 3.50. The molecule has 0 spiro atoms. The molecule has 6 heteroatoms. The molecule has 5 nitrogen and oxygen atoms in total. The topological polar surface area (TPSA) is 45.2 Å². The molecular formula is C25H25N5S. The molecule has 0 amide bonds. The van der Waals surface area contributed by atoms with Crippen LogP contribution in [0.3, 0.4) is 0 Å². The fourth-order valence-corrected chi connectivity index (χ4v) is 5.95. The van der Waals surface area contributed by atoms with Crippen molar-refractivity contribution in [3.8, 4) is 22.5 Å². The van der Waals surface area contributed by atoms with Crippen molar-refractivity contribution in [2.75, 3.05) is 31.1 Å². The van der Waals surface area contributed by atoms with Crippen LogP contribution in [0.25, 0.3) is 32.7 Å². The molecule has 1 unspecified atom stereocenters. The molecule has 156 valence electrons. The van der Waals surface area contributed by atoms with Gasteiger partial charge >= 0.3 is 0 Å². The molecule has 0 saturated carbocycles. The lowest BCUT2D eigenvalue weighted by Gasteiger charge is -2.27. The first-order valence-corrected chi connectivity index (χ1v) is 12.0. The van der Waals surface area contributed by atoms with E-state index in [0.717, 1.165) is 35.1 Å². The lowest BCUT2D eigenvalue weighted by molar-refractivity contribution is 0.273. The fraction of sp³-hybridized carbons (Fsp3) is 0.320. The summed E-state index contributed by atoms with van der Waals surface area (Å²) in [5.74, 6) is 1.85. The van der Waals surface area contributed by atoms with Crippen LogP contribution < -0.4 is 4.90 Å². The van der Waals surface area contributed by atoms with E-state index in [4.69, 9.17) is 9.97 Å². The number of thiophene rings is 1. The Bertz CT molecular complexity index is 1190. The second kappa shape index (κ2) is 8.02. The minimum Gasteiger partial charge on any atom is -0.354 e. The quantitative estimate of drug-likeness (QED) is 0.455. The average molecular weight is 428 g/mol. The van der Waals surface area contributed by atoms with Gasteiger partial charge in [0.25, 0.3) is 0 Å². The highest BCUT2D eigenvalue weighted by atomic mass is 32.1. The average Bonchev–Trinajstić information content (AvgIpc) is 3.41. The smallest absolute Gasteiger partial charge is 0.164 e. The van der Waals surface area contributed by atoms with Crippen LogP contribution in [0.1, 0.15) is 19.3 Å². The molecule has 31 heavy (non-hydrogen) atoms. The second-order valence-electron chi connectivity index (χ2n) is 8.44. The van der Waals surface area contributed by atoms with Crippen molar-refractivity contribution in [3.63, 3.8) is 0 Å².